The molecule has 0 saturated heterocycles. The first-order valence-electron chi connectivity index (χ1n) is 18.3. The standard InChI is InChI=1S/C21H25N3O4S2.C15H13N3O4.C3H8S/c1-6-9-29-17-15(25)12-11(8-3)22-19-14(20(27)24(5)21(28)23(19)4)13(12)16(26)18(17)30-10-7-2;1-4-7-10-8(19)5-6-9(20)11(10)12-13(16-7)17(2)15(22)18(3)14(12)21;1-2-3-4/h6-10H2,1-5H3;5-6H,4H2,1-3H3;4H,2-3H2,1H3. The molecule has 0 unspecified atom stereocenters. The van der Waals surface area contributed by atoms with E-state index in [0.717, 1.165) is 39.6 Å². The second kappa shape index (κ2) is 18.6. The van der Waals surface area contributed by atoms with Crippen LogP contribution in [0.15, 0.2) is 41.1 Å². The van der Waals surface area contributed by atoms with Gasteiger partial charge in [0.25, 0.3) is 11.1 Å². The highest BCUT2D eigenvalue weighted by Crippen LogP contribution is 2.41. The maximum absolute atomic E-state index is 13.7. The third kappa shape index (κ3) is 7.85. The number of pyridine rings is 2. The van der Waals surface area contributed by atoms with E-state index >= 15 is 0 Å². The van der Waals surface area contributed by atoms with Crippen molar-refractivity contribution in [3.8, 4) is 0 Å². The SMILES string of the molecule is CCCS.CCCSC1=C(SCCC)C(=O)c2c(c(CC)nc3c2c(=O)n(C)c(=O)n3C)C1=O.CCc1nc2c(c3c1C(=O)C=CC3=O)c(=O)n(C)c(=O)n2C. The fourth-order valence-corrected chi connectivity index (χ4v) is 8.27. The molecule has 2 aliphatic carbocycles. The number of nitrogens with zero attached hydrogens (tertiary/aromatic N) is 6. The van der Waals surface area contributed by atoms with Crippen molar-refractivity contribution >= 4 is 81.4 Å². The zero-order valence-corrected chi connectivity index (χ0v) is 35.6. The van der Waals surface area contributed by atoms with Crippen LogP contribution >= 0.6 is 36.2 Å². The van der Waals surface area contributed by atoms with Gasteiger partial charge in [-0.15, -0.1) is 23.5 Å². The Bertz CT molecular complexity index is 2610. The van der Waals surface area contributed by atoms with Crippen LogP contribution in [0.4, 0.5) is 0 Å². The molecule has 298 valence electrons. The van der Waals surface area contributed by atoms with Gasteiger partial charge in [0.1, 0.15) is 11.3 Å². The highest BCUT2D eigenvalue weighted by molar-refractivity contribution is 8.08. The molecule has 0 spiro atoms. The first-order chi connectivity index (χ1) is 26.6. The molecule has 2 aliphatic rings. The summed E-state index contributed by atoms with van der Waals surface area (Å²) in [5, 5.41) is 0.0544. The molecule has 0 radical (unpaired) electrons. The lowest BCUT2D eigenvalue weighted by atomic mass is 9.90. The van der Waals surface area contributed by atoms with E-state index in [1.807, 2.05) is 20.8 Å². The van der Waals surface area contributed by atoms with Crippen molar-refractivity contribution in [3.63, 3.8) is 0 Å². The summed E-state index contributed by atoms with van der Waals surface area (Å²) >= 11 is 6.67. The molecular weight excluding hydrogens is 777 g/mol. The van der Waals surface area contributed by atoms with Gasteiger partial charge in [0.2, 0.25) is 11.6 Å². The Morgan fingerprint density at radius 3 is 1.30 bits per heavy atom. The Balaban J connectivity index is 0.000000235. The molecule has 0 N–H and O–H groups in total. The quantitative estimate of drug-likeness (QED) is 0.234. The number of fused-ring (bicyclic) bond motifs is 6. The predicted molar refractivity (Wildman–Crippen MR) is 226 cm³/mol. The highest BCUT2D eigenvalue weighted by Gasteiger charge is 2.38. The molecule has 0 aliphatic heterocycles. The molecule has 0 atom stereocenters. The summed E-state index contributed by atoms with van der Waals surface area (Å²) in [4.78, 5) is 111. The lowest BCUT2D eigenvalue weighted by Crippen LogP contribution is -2.39. The Morgan fingerprint density at radius 2 is 0.911 bits per heavy atom. The van der Waals surface area contributed by atoms with E-state index in [9.17, 15) is 38.4 Å². The van der Waals surface area contributed by atoms with Crippen LogP contribution in [0.25, 0.3) is 22.1 Å². The van der Waals surface area contributed by atoms with Crippen LogP contribution in [0.1, 0.15) is 107 Å². The van der Waals surface area contributed by atoms with Crippen molar-refractivity contribution in [2.75, 3.05) is 17.3 Å². The first-order valence-corrected chi connectivity index (χ1v) is 20.9. The zero-order chi connectivity index (χ0) is 41.8. The molecule has 0 saturated carbocycles. The minimum Gasteiger partial charge on any atom is -0.289 e. The predicted octanol–water partition coefficient (Wildman–Crippen LogP) is 4.53. The number of Topliss-reactive ketones (excluding diaryl/α,β-unsaturated/α-hetero) is 2. The summed E-state index contributed by atoms with van der Waals surface area (Å²) in [5.74, 6) is 1.09. The van der Waals surface area contributed by atoms with Crippen molar-refractivity contribution in [2.45, 2.75) is 66.7 Å². The van der Waals surface area contributed by atoms with Crippen LogP contribution in [-0.2, 0) is 41.0 Å². The van der Waals surface area contributed by atoms with Crippen molar-refractivity contribution < 1.29 is 19.2 Å². The molecule has 56 heavy (non-hydrogen) atoms. The van der Waals surface area contributed by atoms with Crippen molar-refractivity contribution in [1.29, 1.82) is 0 Å². The van der Waals surface area contributed by atoms with E-state index in [1.165, 1.54) is 73.3 Å². The number of hydrogen-bond donors (Lipinski definition) is 1. The number of aromatic nitrogens is 6. The average molecular weight is 823 g/mol. The Kier molecular flexibility index (Phi) is 14.6. The number of ketones is 4. The summed E-state index contributed by atoms with van der Waals surface area (Å²) in [5.41, 5.74) is -0.646. The Morgan fingerprint density at radius 1 is 0.536 bits per heavy atom. The lowest BCUT2D eigenvalue weighted by Gasteiger charge is -2.23. The summed E-state index contributed by atoms with van der Waals surface area (Å²) in [6.45, 7) is 9.77. The van der Waals surface area contributed by atoms with Gasteiger partial charge in [-0.3, -0.25) is 47.0 Å². The van der Waals surface area contributed by atoms with Gasteiger partial charge >= 0.3 is 11.4 Å². The van der Waals surface area contributed by atoms with E-state index in [2.05, 4.69) is 29.5 Å². The van der Waals surface area contributed by atoms with Crippen LogP contribution in [0.5, 0.6) is 0 Å². The van der Waals surface area contributed by atoms with Gasteiger partial charge in [0, 0.05) is 28.2 Å². The summed E-state index contributed by atoms with van der Waals surface area (Å²) < 4.78 is 4.34. The van der Waals surface area contributed by atoms with Gasteiger partial charge in [-0.2, -0.15) is 12.6 Å². The molecule has 4 heterocycles. The average Bonchev–Trinajstić information content (AvgIpc) is 3.20. The van der Waals surface area contributed by atoms with Crippen LogP contribution in [0.2, 0.25) is 0 Å². The molecular formula is C39H46N6O8S3. The topological polar surface area (TPSA) is 182 Å². The van der Waals surface area contributed by atoms with E-state index in [0.29, 0.717) is 39.8 Å². The molecule has 14 nitrogen and oxygen atoms in total. The molecule has 0 fully saturated rings. The monoisotopic (exact) mass is 822 g/mol. The number of aryl methyl sites for hydroxylation is 4. The van der Waals surface area contributed by atoms with Gasteiger partial charge in [0.15, 0.2) is 11.6 Å². The van der Waals surface area contributed by atoms with Crippen LogP contribution < -0.4 is 22.5 Å². The number of allylic oxidation sites excluding steroid dienone is 4. The summed E-state index contributed by atoms with van der Waals surface area (Å²) in [6.07, 6.45) is 6.05. The third-order valence-electron chi connectivity index (χ3n) is 9.07. The van der Waals surface area contributed by atoms with E-state index in [-0.39, 0.29) is 61.7 Å². The number of thiol groups is 1. The van der Waals surface area contributed by atoms with Gasteiger partial charge in [-0.1, -0.05) is 34.6 Å². The van der Waals surface area contributed by atoms with Crippen LogP contribution in [0.3, 0.4) is 0 Å². The lowest BCUT2D eigenvalue weighted by molar-refractivity contribution is 0.0988. The number of hydrogen-bond acceptors (Lipinski definition) is 13. The summed E-state index contributed by atoms with van der Waals surface area (Å²) in [7, 11) is 5.69. The first kappa shape index (κ1) is 44.1. The molecule has 4 aromatic rings. The van der Waals surface area contributed by atoms with Gasteiger partial charge < -0.3 is 0 Å². The fraction of sp³-hybridized carbons (Fsp3) is 0.436. The smallest absolute Gasteiger partial charge is 0.289 e. The van der Waals surface area contributed by atoms with E-state index in [1.54, 1.807) is 6.92 Å². The molecule has 0 aromatic carbocycles. The molecule has 0 bridgehead atoms. The minimum absolute atomic E-state index is 0.0134. The molecule has 4 aromatic heterocycles. The van der Waals surface area contributed by atoms with Crippen molar-refractivity contribution in [3.05, 3.63) is 97.3 Å². The molecule has 0 amide bonds. The van der Waals surface area contributed by atoms with Crippen molar-refractivity contribution in [1.82, 2.24) is 28.2 Å². The maximum Gasteiger partial charge on any atom is 0.332 e. The van der Waals surface area contributed by atoms with Gasteiger partial charge in [-0.25, -0.2) is 19.6 Å². The van der Waals surface area contributed by atoms with Crippen LogP contribution in [-0.4, -0.2) is 68.6 Å². The minimum atomic E-state index is -0.624. The number of thioether (sulfide) groups is 2. The van der Waals surface area contributed by atoms with E-state index in [4.69, 9.17) is 0 Å². The van der Waals surface area contributed by atoms with E-state index < -0.39 is 28.3 Å². The second-order valence-corrected chi connectivity index (χ2v) is 15.6. The fourth-order valence-electron chi connectivity index (χ4n) is 6.19. The third-order valence-corrected chi connectivity index (χ3v) is 12.2. The van der Waals surface area contributed by atoms with Crippen molar-refractivity contribution in [2.24, 2.45) is 28.2 Å². The second-order valence-electron chi connectivity index (χ2n) is 12.9. The Hall–Kier alpha value is -4.61. The maximum atomic E-state index is 13.7. The summed E-state index contributed by atoms with van der Waals surface area (Å²) in [6, 6.07) is 0. The molecule has 6 rings (SSSR count). The largest absolute Gasteiger partial charge is 0.332 e. The Labute approximate surface area is 336 Å². The van der Waals surface area contributed by atoms with Gasteiger partial charge in [0.05, 0.1) is 54.2 Å². The number of carbonyl (C=O) groups excluding carboxylic acids is 4. The molecule has 17 heteroatoms. The number of carbonyl (C=O) groups is 4. The van der Waals surface area contributed by atoms with Crippen LogP contribution in [0, 0.1) is 0 Å². The zero-order valence-electron chi connectivity index (χ0n) is 33.0. The normalized spacial score (nSPS) is 13.5. The number of rotatable bonds is 9. The van der Waals surface area contributed by atoms with Gasteiger partial charge in [-0.05, 0) is 61.5 Å². The highest BCUT2D eigenvalue weighted by atomic mass is 32.2.